The van der Waals surface area contributed by atoms with Crippen LogP contribution in [0.3, 0.4) is 0 Å². The molecular formula is C24H13F12N3O7. The van der Waals surface area contributed by atoms with Crippen molar-refractivity contribution < 1.29 is 87.1 Å². The highest BCUT2D eigenvalue weighted by Crippen LogP contribution is 2.37. The molecule has 0 unspecified atom stereocenters. The Balaban J connectivity index is 0.000000413. The number of alkyl halides is 12. The van der Waals surface area contributed by atoms with Crippen molar-refractivity contribution in [3.63, 3.8) is 0 Å². The van der Waals surface area contributed by atoms with E-state index >= 15 is 0 Å². The first-order valence-corrected chi connectivity index (χ1v) is 11.1. The van der Waals surface area contributed by atoms with Gasteiger partial charge < -0.3 is 20.1 Å². The fraction of sp³-hybridized carbons (Fsp3) is 0.167. The zero-order valence-electron chi connectivity index (χ0n) is 21.6. The number of carboxylic acids is 3. The van der Waals surface area contributed by atoms with Gasteiger partial charge in [0.05, 0.1) is 11.2 Å². The molecule has 2 heterocycles. The highest BCUT2D eigenvalue weighted by atomic mass is 19.4. The topological polar surface area (TPSA) is 160 Å². The SMILES string of the molecule is FC(F)(F)Oc1cccc2cccc(-c3cc4ncncc4cn3)c12.O=C(O)C(F)(F)F.O=C(O)C(F)(F)F.O=C(O)C(F)(F)F. The molecule has 0 fully saturated rings. The van der Waals surface area contributed by atoms with E-state index in [9.17, 15) is 52.7 Å². The second kappa shape index (κ2) is 15.0. The largest absolute Gasteiger partial charge is 0.573 e. The van der Waals surface area contributed by atoms with Crippen molar-refractivity contribution in [1.29, 1.82) is 0 Å². The van der Waals surface area contributed by atoms with E-state index in [1.807, 2.05) is 0 Å². The zero-order valence-corrected chi connectivity index (χ0v) is 21.6. The van der Waals surface area contributed by atoms with Crippen molar-refractivity contribution in [2.45, 2.75) is 24.9 Å². The molecule has 10 nitrogen and oxygen atoms in total. The number of hydrogen-bond acceptors (Lipinski definition) is 7. The van der Waals surface area contributed by atoms with Gasteiger partial charge in [0.1, 0.15) is 12.1 Å². The minimum absolute atomic E-state index is 0.259. The summed E-state index contributed by atoms with van der Waals surface area (Å²) >= 11 is 0. The van der Waals surface area contributed by atoms with Crippen LogP contribution in [0.5, 0.6) is 5.75 Å². The summed E-state index contributed by atoms with van der Waals surface area (Å²) in [6, 6.07) is 11.5. The van der Waals surface area contributed by atoms with Crippen LogP contribution >= 0.6 is 0 Å². The number of halogens is 12. The Morgan fingerprint density at radius 1 is 0.630 bits per heavy atom. The average molecular weight is 683 g/mol. The fourth-order valence-electron chi connectivity index (χ4n) is 2.75. The van der Waals surface area contributed by atoms with Crippen LogP contribution in [-0.2, 0) is 14.4 Å². The number of fused-ring (bicyclic) bond motifs is 2. The molecule has 0 saturated carbocycles. The summed E-state index contributed by atoms with van der Waals surface area (Å²) < 4.78 is 138. The second-order valence-electron chi connectivity index (χ2n) is 7.77. The van der Waals surface area contributed by atoms with E-state index in [1.165, 1.54) is 18.5 Å². The van der Waals surface area contributed by atoms with Crippen LogP contribution in [0.25, 0.3) is 32.9 Å². The normalized spacial score (nSPS) is 11.6. The standard InChI is InChI=1S/C18H10F3N3O.3C2HF3O2/c19-18(20,21)25-16-6-2-4-11-3-1-5-13(17(11)16)15-7-14-12(9-23-15)8-22-10-24-14;3*3-2(4,5)1(6)7/h1-10H;3*(H,6,7). The Hall–Kier alpha value is -5.44. The van der Waals surface area contributed by atoms with Crippen LogP contribution in [0.2, 0.25) is 0 Å². The maximum atomic E-state index is 12.8. The highest BCUT2D eigenvalue weighted by molar-refractivity contribution is 6.01. The van der Waals surface area contributed by atoms with Gasteiger partial charge >= 0.3 is 42.8 Å². The first-order valence-electron chi connectivity index (χ1n) is 11.1. The number of aliphatic carboxylic acids is 3. The van der Waals surface area contributed by atoms with E-state index < -0.39 is 42.8 Å². The molecule has 0 amide bonds. The predicted octanol–water partition coefficient (Wildman–Crippen LogP) is 6.64. The molecule has 4 rings (SSSR count). The molecule has 0 saturated heterocycles. The number of pyridine rings is 1. The number of carbonyl (C=O) groups is 3. The lowest BCUT2D eigenvalue weighted by Gasteiger charge is -2.14. The van der Waals surface area contributed by atoms with Crippen molar-refractivity contribution in [1.82, 2.24) is 15.0 Å². The Morgan fingerprint density at radius 2 is 1.09 bits per heavy atom. The number of ether oxygens (including phenoxy) is 1. The lowest BCUT2D eigenvalue weighted by molar-refractivity contribution is -0.274. The Bertz CT molecular complexity index is 1610. The summed E-state index contributed by atoms with van der Waals surface area (Å²) in [5.41, 5.74) is 1.71. The number of carboxylic acid groups (broad SMARTS) is 3. The van der Waals surface area contributed by atoms with Crippen LogP contribution in [0.1, 0.15) is 0 Å². The summed E-state index contributed by atoms with van der Waals surface area (Å²) in [5, 5.41) is 23.1. The molecule has 22 heteroatoms. The molecule has 4 aromatic rings. The van der Waals surface area contributed by atoms with E-state index in [4.69, 9.17) is 29.7 Å². The van der Waals surface area contributed by atoms with Crippen LogP contribution < -0.4 is 4.74 Å². The minimum atomic E-state index is -5.08. The van der Waals surface area contributed by atoms with Gasteiger partial charge in [-0.2, -0.15) is 39.5 Å². The summed E-state index contributed by atoms with van der Waals surface area (Å²) in [5.74, 6) is -8.53. The first kappa shape index (κ1) is 38.6. The quantitative estimate of drug-likeness (QED) is 0.196. The van der Waals surface area contributed by atoms with E-state index in [-0.39, 0.29) is 5.75 Å². The molecule has 0 aliphatic heterocycles. The van der Waals surface area contributed by atoms with Crippen molar-refractivity contribution in [3.05, 3.63) is 61.2 Å². The number of hydrogen-bond donors (Lipinski definition) is 3. The summed E-state index contributed by atoms with van der Waals surface area (Å²) in [4.78, 5) is 39.1. The molecule has 0 aliphatic rings. The molecule has 2 aromatic carbocycles. The van der Waals surface area contributed by atoms with Crippen LogP contribution in [0, 0.1) is 0 Å². The maximum Gasteiger partial charge on any atom is 0.573 e. The molecule has 2 aromatic heterocycles. The van der Waals surface area contributed by atoms with E-state index in [0.29, 0.717) is 27.5 Å². The maximum absolute atomic E-state index is 12.8. The number of benzene rings is 2. The predicted molar refractivity (Wildman–Crippen MR) is 128 cm³/mol. The van der Waals surface area contributed by atoms with Gasteiger partial charge in [-0.25, -0.2) is 24.4 Å². The molecule has 0 spiro atoms. The molecule has 0 aliphatic carbocycles. The van der Waals surface area contributed by atoms with Crippen LogP contribution in [-0.4, -0.2) is 73.1 Å². The molecule has 0 bridgehead atoms. The smallest absolute Gasteiger partial charge is 0.475 e. The zero-order chi connectivity index (χ0) is 35.7. The van der Waals surface area contributed by atoms with E-state index in [2.05, 4.69) is 19.7 Å². The van der Waals surface area contributed by atoms with Crippen LogP contribution in [0.4, 0.5) is 52.7 Å². The van der Waals surface area contributed by atoms with Gasteiger partial charge in [-0.1, -0.05) is 30.3 Å². The van der Waals surface area contributed by atoms with Crippen LogP contribution in [0.15, 0.2) is 61.2 Å². The second-order valence-corrected chi connectivity index (χ2v) is 7.77. The minimum Gasteiger partial charge on any atom is -0.475 e. The molecule has 250 valence electrons. The molecule has 0 radical (unpaired) electrons. The average Bonchev–Trinajstić information content (AvgIpc) is 2.91. The first-order chi connectivity index (χ1) is 20.8. The van der Waals surface area contributed by atoms with Crippen molar-refractivity contribution in [3.8, 4) is 17.0 Å². The summed E-state index contributed by atoms with van der Waals surface area (Å²) in [6.45, 7) is 0. The Morgan fingerprint density at radius 3 is 1.52 bits per heavy atom. The number of rotatable bonds is 2. The van der Waals surface area contributed by atoms with Gasteiger partial charge in [-0.3, -0.25) is 4.98 Å². The van der Waals surface area contributed by atoms with E-state index in [0.717, 1.165) is 5.39 Å². The fourth-order valence-corrected chi connectivity index (χ4v) is 2.75. The van der Waals surface area contributed by atoms with Gasteiger partial charge in [0, 0.05) is 28.7 Å². The van der Waals surface area contributed by atoms with Gasteiger partial charge in [0.2, 0.25) is 0 Å². The van der Waals surface area contributed by atoms with Crippen molar-refractivity contribution >= 4 is 39.6 Å². The lowest BCUT2D eigenvalue weighted by atomic mass is 10.0. The Kier molecular flexibility index (Phi) is 12.6. The molecule has 3 N–H and O–H groups in total. The van der Waals surface area contributed by atoms with Gasteiger partial charge in [-0.05, 0) is 17.5 Å². The molecule has 0 atom stereocenters. The third-order valence-electron chi connectivity index (χ3n) is 4.48. The lowest BCUT2D eigenvalue weighted by Crippen LogP contribution is -2.21. The van der Waals surface area contributed by atoms with Crippen molar-refractivity contribution in [2.24, 2.45) is 0 Å². The van der Waals surface area contributed by atoms with Crippen molar-refractivity contribution in [2.75, 3.05) is 0 Å². The van der Waals surface area contributed by atoms with Gasteiger partial charge in [-0.15, -0.1) is 13.2 Å². The number of aromatic nitrogens is 3. The Labute approximate surface area is 245 Å². The van der Waals surface area contributed by atoms with E-state index in [1.54, 1.807) is 42.7 Å². The molecule has 46 heavy (non-hydrogen) atoms. The molecular weight excluding hydrogens is 670 g/mol. The van der Waals surface area contributed by atoms with Gasteiger partial charge in [0.25, 0.3) is 0 Å². The third-order valence-corrected chi connectivity index (χ3v) is 4.48. The monoisotopic (exact) mass is 683 g/mol. The summed E-state index contributed by atoms with van der Waals surface area (Å²) in [6.07, 6.45) is -15.4. The summed E-state index contributed by atoms with van der Waals surface area (Å²) in [7, 11) is 0. The number of nitrogens with zero attached hydrogens (tertiary/aromatic N) is 3. The highest BCUT2D eigenvalue weighted by Gasteiger charge is 2.39. The third kappa shape index (κ3) is 12.7. The van der Waals surface area contributed by atoms with Gasteiger partial charge in [0.15, 0.2) is 0 Å².